The van der Waals surface area contributed by atoms with Gasteiger partial charge in [0.1, 0.15) is 0 Å². The number of nitrogens with one attached hydrogen (secondary N) is 1. The molecule has 2 aromatic rings. The first-order valence-corrected chi connectivity index (χ1v) is 5.97. The molecule has 1 unspecified atom stereocenters. The van der Waals surface area contributed by atoms with E-state index >= 15 is 0 Å². The molecule has 1 atom stereocenters. The third-order valence-corrected chi connectivity index (χ3v) is 3.15. The average Bonchev–Trinajstić information content (AvgIpc) is 2.71. The molecule has 0 spiro atoms. The van der Waals surface area contributed by atoms with Crippen LogP contribution in [-0.2, 0) is 0 Å². The molecule has 0 aliphatic rings. The Hall–Kier alpha value is -1.61. The fourth-order valence-electron chi connectivity index (χ4n) is 1.95. The summed E-state index contributed by atoms with van der Waals surface area (Å²) in [4.78, 5) is 0. The van der Waals surface area contributed by atoms with E-state index in [0.717, 1.165) is 22.5 Å². The summed E-state index contributed by atoms with van der Waals surface area (Å²) in [5.41, 5.74) is 10.5. The largest absolute Gasteiger partial charge is 0.322 e. The second-order valence-electron chi connectivity index (χ2n) is 4.75. The number of hydrogen-bond acceptors (Lipinski definition) is 2. The first kappa shape index (κ1) is 11.9. The van der Waals surface area contributed by atoms with E-state index in [2.05, 4.69) is 43.1 Å². The summed E-state index contributed by atoms with van der Waals surface area (Å²) >= 11 is 0. The van der Waals surface area contributed by atoms with Crippen molar-refractivity contribution in [2.45, 2.75) is 26.8 Å². The zero-order valence-electron chi connectivity index (χ0n) is 10.6. The predicted molar refractivity (Wildman–Crippen MR) is 70.5 cm³/mol. The summed E-state index contributed by atoms with van der Waals surface area (Å²) in [7, 11) is 0. The molecule has 3 N–H and O–H groups in total. The molecule has 0 bridgehead atoms. The van der Waals surface area contributed by atoms with Crippen LogP contribution >= 0.6 is 0 Å². The number of nitrogens with two attached hydrogens (primary N) is 1. The summed E-state index contributed by atoms with van der Waals surface area (Å²) in [6.45, 7) is 6.31. The molecule has 0 fully saturated rings. The van der Waals surface area contributed by atoms with E-state index in [-0.39, 0.29) is 6.04 Å². The van der Waals surface area contributed by atoms with E-state index in [1.807, 2.05) is 18.2 Å². The van der Waals surface area contributed by atoms with Crippen molar-refractivity contribution in [3.05, 3.63) is 41.6 Å². The molecule has 1 aromatic carbocycles. The van der Waals surface area contributed by atoms with Gasteiger partial charge in [0.25, 0.3) is 0 Å². The number of rotatable bonds is 3. The van der Waals surface area contributed by atoms with Gasteiger partial charge in [0, 0.05) is 11.6 Å². The number of aromatic amines is 1. The van der Waals surface area contributed by atoms with Crippen molar-refractivity contribution in [3.63, 3.8) is 0 Å². The first-order chi connectivity index (χ1) is 8.11. The molecule has 3 heteroatoms. The number of nitrogens with zero attached hydrogens (tertiary/aromatic N) is 1. The lowest BCUT2D eigenvalue weighted by molar-refractivity contribution is 0.500. The van der Waals surface area contributed by atoms with Gasteiger partial charge in [0.05, 0.1) is 11.4 Å². The molecule has 0 saturated heterocycles. The Morgan fingerprint density at radius 1 is 1.18 bits per heavy atom. The average molecular weight is 229 g/mol. The maximum Gasteiger partial charge on any atom is 0.0953 e. The summed E-state index contributed by atoms with van der Waals surface area (Å²) in [6, 6.07) is 10.2. The lowest BCUT2D eigenvalue weighted by Crippen LogP contribution is -2.18. The molecule has 0 aliphatic carbocycles. The van der Waals surface area contributed by atoms with Crippen LogP contribution < -0.4 is 5.73 Å². The molecule has 0 saturated carbocycles. The van der Waals surface area contributed by atoms with Crippen LogP contribution in [0.25, 0.3) is 11.3 Å². The van der Waals surface area contributed by atoms with Gasteiger partial charge in [-0.15, -0.1) is 0 Å². The normalized spacial score (nSPS) is 13.0. The molecule has 3 nitrogen and oxygen atoms in total. The highest BCUT2D eigenvalue weighted by Crippen LogP contribution is 2.27. The SMILES string of the molecule is Cc1c(-c2ccccc2)n[nH]c1C(N)C(C)C. The Kier molecular flexibility index (Phi) is 3.29. The molecule has 0 radical (unpaired) electrons. The van der Waals surface area contributed by atoms with E-state index in [0.29, 0.717) is 5.92 Å². The van der Waals surface area contributed by atoms with Crippen molar-refractivity contribution in [2.24, 2.45) is 11.7 Å². The Morgan fingerprint density at radius 2 is 1.82 bits per heavy atom. The van der Waals surface area contributed by atoms with Crippen LogP contribution in [0.2, 0.25) is 0 Å². The molecule has 1 heterocycles. The quantitative estimate of drug-likeness (QED) is 0.850. The lowest BCUT2D eigenvalue weighted by Gasteiger charge is -2.14. The Bertz CT molecular complexity index is 485. The van der Waals surface area contributed by atoms with Crippen LogP contribution in [0.1, 0.15) is 31.1 Å². The third kappa shape index (κ3) is 2.24. The van der Waals surface area contributed by atoms with E-state index < -0.39 is 0 Å². The van der Waals surface area contributed by atoms with E-state index in [1.54, 1.807) is 0 Å². The van der Waals surface area contributed by atoms with Crippen LogP contribution in [-0.4, -0.2) is 10.2 Å². The lowest BCUT2D eigenvalue weighted by atomic mass is 9.97. The van der Waals surface area contributed by atoms with Gasteiger partial charge in [0.2, 0.25) is 0 Å². The van der Waals surface area contributed by atoms with Crippen molar-refractivity contribution in [1.29, 1.82) is 0 Å². The van der Waals surface area contributed by atoms with Gasteiger partial charge in [-0.1, -0.05) is 44.2 Å². The highest BCUT2D eigenvalue weighted by atomic mass is 15.1. The Balaban J connectivity index is 2.40. The Labute approximate surface area is 102 Å². The van der Waals surface area contributed by atoms with Gasteiger partial charge < -0.3 is 5.73 Å². The van der Waals surface area contributed by atoms with E-state index in [4.69, 9.17) is 5.73 Å². The van der Waals surface area contributed by atoms with E-state index in [9.17, 15) is 0 Å². The van der Waals surface area contributed by atoms with Crippen LogP contribution in [0.5, 0.6) is 0 Å². The number of H-pyrrole nitrogens is 1. The summed E-state index contributed by atoms with van der Waals surface area (Å²) < 4.78 is 0. The fourth-order valence-corrected chi connectivity index (χ4v) is 1.95. The smallest absolute Gasteiger partial charge is 0.0953 e. The zero-order valence-corrected chi connectivity index (χ0v) is 10.6. The van der Waals surface area contributed by atoms with Crippen LogP contribution in [0.4, 0.5) is 0 Å². The number of benzene rings is 1. The molecule has 1 aromatic heterocycles. The Morgan fingerprint density at radius 3 is 2.41 bits per heavy atom. The summed E-state index contributed by atoms with van der Waals surface area (Å²) in [5, 5.41) is 7.46. The maximum absolute atomic E-state index is 6.16. The zero-order chi connectivity index (χ0) is 12.4. The number of aromatic nitrogens is 2. The fraction of sp³-hybridized carbons (Fsp3) is 0.357. The number of hydrogen-bond donors (Lipinski definition) is 2. The maximum atomic E-state index is 6.16. The first-order valence-electron chi connectivity index (χ1n) is 5.97. The van der Waals surface area contributed by atoms with E-state index in [1.165, 1.54) is 0 Å². The minimum absolute atomic E-state index is 0.0139. The van der Waals surface area contributed by atoms with Crippen molar-refractivity contribution in [1.82, 2.24) is 10.2 Å². The topological polar surface area (TPSA) is 54.7 Å². The van der Waals surface area contributed by atoms with Gasteiger partial charge >= 0.3 is 0 Å². The van der Waals surface area contributed by atoms with Gasteiger partial charge in [-0.05, 0) is 18.4 Å². The molecule has 0 amide bonds. The summed E-state index contributed by atoms with van der Waals surface area (Å²) in [6.07, 6.45) is 0. The van der Waals surface area contributed by atoms with Gasteiger partial charge in [-0.2, -0.15) is 5.10 Å². The summed E-state index contributed by atoms with van der Waals surface area (Å²) in [5.74, 6) is 0.401. The highest BCUT2D eigenvalue weighted by Gasteiger charge is 2.18. The van der Waals surface area contributed by atoms with Crippen molar-refractivity contribution in [3.8, 4) is 11.3 Å². The molecular weight excluding hydrogens is 210 g/mol. The van der Waals surface area contributed by atoms with Crippen LogP contribution in [0.15, 0.2) is 30.3 Å². The minimum Gasteiger partial charge on any atom is -0.322 e. The second-order valence-corrected chi connectivity index (χ2v) is 4.75. The molecule has 0 aliphatic heterocycles. The predicted octanol–water partition coefficient (Wildman–Crippen LogP) is 3.04. The van der Waals surface area contributed by atoms with Crippen molar-refractivity contribution < 1.29 is 0 Å². The van der Waals surface area contributed by atoms with Gasteiger partial charge in [-0.3, -0.25) is 5.10 Å². The molecule has 90 valence electrons. The van der Waals surface area contributed by atoms with Gasteiger partial charge in [0.15, 0.2) is 0 Å². The van der Waals surface area contributed by atoms with Crippen molar-refractivity contribution >= 4 is 0 Å². The van der Waals surface area contributed by atoms with Gasteiger partial charge in [-0.25, -0.2) is 0 Å². The van der Waals surface area contributed by atoms with Crippen LogP contribution in [0, 0.1) is 12.8 Å². The highest BCUT2D eigenvalue weighted by molar-refractivity contribution is 5.63. The molecule has 2 rings (SSSR count). The molecule has 17 heavy (non-hydrogen) atoms. The van der Waals surface area contributed by atoms with Crippen LogP contribution in [0.3, 0.4) is 0 Å². The molecular formula is C14H19N3. The monoisotopic (exact) mass is 229 g/mol. The standard InChI is InChI=1S/C14H19N3/c1-9(2)12(15)14-10(3)13(16-17-14)11-7-5-4-6-8-11/h4-9,12H,15H2,1-3H3,(H,16,17). The third-order valence-electron chi connectivity index (χ3n) is 3.15. The van der Waals surface area contributed by atoms with Crippen molar-refractivity contribution in [2.75, 3.05) is 0 Å². The minimum atomic E-state index is 0.0139. The second kappa shape index (κ2) is 4.72.